The third kappa shape index (κ3) is 9.36. The number of hydrogen-bond donors (Lipinski definition) is 2. The topological polar surface area (TPSA) is 123 Å². The van der Waals surface area contributed by atoms with Crippen LogP contribution in [-0.2, 0) is 20.7 Å². The first-order valence-electron chi connectivity index (χ1n) is 13.6. The highest BCUT2D eigenvalue weighted by atomic mass is 16.5. The first-order chi connectivity index (χ1) is 20.2. The molecule has 0 bridgehead atoms. The van der Waals surface area contributed by atoms with Crippen LogP contribution in [0.5, 0.6) is 11.5 Å². The summed E-state index contributed by atoms with van der Waals surface area (Å²) >= 11 is 0. The van der Waals surface area contributed by atoms with Crippen LogP contribution in [0.25, 0.3) is 0 Å². The van der Waals surface area contributed by atoms with E-state index in [2.05, 4.69) is 29.2 Å². The quantitative estimate of drug-likeness (QED) is 0.208. The molecule has 0 heterocycles. The molecule has 10 nitrogen and oxygen atoms in total. The molecule has 0 aliphatic heterocycles. The number of anilines is 2. The Morgan fingerprint density at radius 3 is 2.31 bits per heavy atom. The van der Waals surface area contributed by atoms with E-state index in [-0.39, 0.29) is 31.3 Å². The number of nitrogens with one attached hydrogen (secondary N) is 2. The van der Waals surface area contributed by atoms with Crippen molar-refractivity contribution >= 4 is 35.1 Å². The van der Waals surface area contributed by atoms with E-state index in [0.717, 1.165) is 0 Å². The van der Waals surface area contributed by atoms with E-state index in [9.17, 15) is 19.2 Å². The molecule has 0 unspecified atom stereocenters. The van der Waals surface area contributed by atoms with Gasteiger partial charge >= 0.3 is 12.0 Å². The molecule has 0 radical (unpaired) electrons. The number of para-hydroxylation sites is 3. The maximum absolute atomic E-state index is 13.4. The number of ketones is 1. The first-order valence-corrected chi connectivity index (χ1v) is 13.6. The molecule has 0 aliphatic rings. The number of benzene rings is 3. The number of esters is 1. The maximum atomic E-state index is 13.4. The van der Waals surface area contributed by atoms with Gasteiger partial charge in [0.15, 0.2) is 6.61 Å². The van der Waals surface area contributed by atoms with Gasteiger partial charge in [0.1, 0.15) is 11.5 Å². The Morgan fingerprint density at radius 2 is 1.60 bits per heavy atom. The van der Waals surface area contributed by atoms with Gasteiger partial charge in [0.25, 0.3) is 0 Å². The molecule has 0 spiro atoms. The molecule has 0 atom stereocenters. The van der Waals surface area contributed by atoms with Gasteiger partial charge in [-0.1, -0.05) is 50.2 Å². The summed E-state index contributed by atoms with van der Waals surface area (Å²) in [5.41, 5.74) is 2.04. The van der Waals surface area contributed by atoms with E-state index in [1.54, 1.807) is 77.7 Å². The van der Waals surface area contributed by atoms with E-state index in [0.29, 0.717) is 52.9 Å². The first kappa shape index (κ1) is 31.7. The third-order valence-corrected chi connectivity index (χ3v) is 6.31. The van der Waals surface area contributed by atoms with Crippen LogP contribution in [-0.4, -0.2) is 57.6 Å². The Hall–Kier alpha value is -4.86. The van der Waals surface area contributed by atoms with E-state index in [4.69, 9.17) is 9.47 Å². The Morgan fingerprint density at radius 1 is 0.881 bits per heavy atom. The maximum Gasteiger partial charge on any atom is 0.319 e. The molecular weight excluding hydrogens is 538 g/mol. The lowest BCUT2D eigenvalue weighted by Gasteiger charge is -2.26. The van der Waals surface area contributed by atoms with Crippen molar-refractivity contribution in [2.24, 2.45) is 5.92 Å². The largest absolute Gasteiger partial charge is 0.496 e. The van der Waals surface area contributed by atoms with Crippen LogP contribution in [0.15, 0.2) is 72.8 Å². The number of urea groups is 1. The summed E-state index contributed by atoms with van der Waals surface area (Å²) in [6, 6.07) is 20.1. The highest BCUT2D eigenvalue weighted by molar-refractivity contribution is 6.01. The lowest BCUT2D eigenvalue weighted by atomic mass is 10.1. The molecule has 42 heavy (non-hydrogen) atoms. The van der Waals surface area contributed by atoms with Crippen LogP contribution < -0.4 is 25.0 Å². The van der Waals surface area contributed by atoms with Gasteiger partial charge in [0, 0.05) is 12.2 Å². The fourth-order valence-corrected chi connectivity index (χ4v) is 4.09. The summed E-state index contributed by atoms with van der Waals surface area (Å²) in [5, 5.41) is 5.28. The average molecular weight is 576 g/mol. The minimum Gasteiger partial charge on any atom is -0.496 e. The van der Waals surface area contributed by atoms with Gasteiger partial charge < -0.3 is 29.7 Å². The molecule has 3 aromatic rings. The smallest absolute Gasteiger partial charge is 0.319 e. The minimum atomic E-state index is -0.575. The van der Waals surface area contributed by atoms with Crippen molar-refractivity contribution in [3.63, 3.8) is 0 Å². The molecule has 10 heteroatoms. The summed E-state index contributed by atoms with van der Waals surface area (Å²) in [6.07, 6.45) is 0.780. The number of carbonyl (C=O) groups excluding carboxylic acids is 4. The molecule has 0 aliphatic carbocycles. The monoisotopic (exact) mass is 575 g/mol. The van der Waals surface area contributed by atoms with Crippen LogP contribution in [0.4, 0.5) is 16.2 Å². The van der Waals surface area contributed by atoms with Crippen molar-refractivity contribution in [2.75, 3.05) is 44.1 Å². The zero-order valence-electron chi connectivity index (χ0n) is 24.3. The van der Waals surface area contributed by atoms with Crippen LogP contribution in [0.3, 0.4) is 0 Å². The summed E-state index contributed by atoms with van der Waals surface area (Å²) < 4.78 is 15.9. The fraction of sp³-hybridized carbons (Fsp3) is 0.312. The molecule has 3 aromatic carbocycles. The van der Waals surface area contributed by atoms with Gasteiger partial charge in [-0.3, -0.25) is 14.4 Å². The zero-order chi connectivity index (χ0) is 30.5. The molecule has 222 valence electrons. The van der Waals surface area contributed by atoms with Gasteiger partial charge in [-0.25, -0.2) is 4.79 Å². The Balaban J connectivity index is 1.69. The van der Waals surface area contributed by atoms with E-state index < -0.39 is 12.0 Å². The normalized spacial score (nSPS) is 10.5. The van der Waals surface area contributed by atoms with Crippen LogP contribution in [0.2, 0.25) is 0 Å². The molecule has 3 amide bonds. The number of ether oxygens (including phenoxy) is 3. The highest BCUT2D eigenvalue weighted by Gasteiger charge is 2.21. The Labute approximate surface area is 246 Å². The van der Waals surface area contributed by atoms with Gasteiger partial charge in [-0.2, -0.15) is 0 Å². The predicted molar refractivity (Wildman–Crippen MR) is 160 cm³/mol. The highest BCUT2D eigenvalue weighted by Crippen LogP contribution is 2.29. The average Bonchev–Trinajstić information content (AvgIpc) is 2.99. The zero-order valence-corrected chi connectivity index (χ0v) is 24.3. The summed E-state index contributed by atoms with van der Waals surface area (Å²) in [4.78, 5) is 52.0. The van der Waals surface area contributed by atoms with Gasteiger partial charge in [0.2, 0.25) is 11.7 Å². The molecule has 0 saturated carbocycles. The minimum absolute atomic E-state index is 0.0723. The van der Waals surface area contributed by atoms with Crippen molar-refractivity contribution in [1.82, 2.24) is 5.32 Å². The second-order valence-electron chi connectivity index (χ2n) is 9.87. The van der Waals surface area contributed by atoms with Crippen molar-refractivity contribution in [1.29, 1.82) is 0 Å². The number of amides is 3. The summed E-state index contributed by atoms with van der Waals surface area (Å²) in [6.45, 7) is 3.96. The van der Waals surface area contributed by atoms with E-state index in [1.807, 2.05) is 0 Å². The Kier molecular flexibility index (Phi) is 11.9. The van der Waals surface area contributed by atoms with Crippen molar-refractivity contribution in [2.45, 2.75) is 26.7 Å². The molecule has 0 fully saturated rings. The van der Waals surface area contributed by atoms with Gasteiger partial charge in [-0.05, 0) is 54.3 Å². The summed E-state index contributed by atoms with van der Waals surface area (Å²) in [7, 11) is 2.81. The van der Waals surface area contributed by atoms with Crippen LogP contribution in [0.1, 0.15) is 36.2 Å². The number of rotatable bonds is 14. The molecule has 0 saturated heterocycles. The van der Waals surface area contributed by atoms with Crippen molar-refractivity contribution in [3.8, 4) is 11.5 Å². The number of hydrogen-bond acceptors (Lipinski definition) is 7. The van der Waals surface area contributed by atoms with Gasteiger partial charge in [-0.15, -0.1) is 0 Å². The lowest BCUT2D eigenvalue weighted by molar-refractivity contribution is -0.139. The van der Waals surface area contributed by atoms with Crippen LogP contribution in [0, 0.1) is 5.92 Å². The van der Waals surface area contributed by atoms with Crippen LogP contribution >= 0.6 is 0 Å². The third-order valence-electron chi connectivity index (χ3n) is 6.31. The molecule has 3 rings (SSSR count). The number of nitrogens with zero attached hydrogens (tertiary/aromatic N) is 1. The van der Waals surface area contributed by atoms with Crippen molar-refractivity contribution < 1.29 is 33.4 Å². The predicted octanol–water partition coefficient (Wildman–Crippen LogP) is 4.87. The number of Topliss-reactive ketones (excluding diaryl/α,β-unsaturated/α-hetero) is 1. The second-order valence-corrected chi connectivity index (χ2v) is 9.87. The fourth-order valence-electron chi connectivity index (χ4n) is 4.09. The summed E-state index contributed by atoms with van der Waals surface area (Å²) in [5.74, 6) is 0.122. The van der Waals surface area contributed by atoms with Gasteiger partial charge in [0.05, 0.1) is 38.4 Å². The molecular formula is C32H37N3O7. The van der Waals surface area contributed by atoms with E-state index >= 15 is 0 Å². The second kappa shape index (κ2) is 15.8. The molecule has 2 N–H and O–H groups in total. The Bertz CT molecular complexity index is 1390. The number of methoxy groups -OCH3 is 2. The van der Waals surface area contributed by atoms with Crippen molar-refractivity contribution in [3.05, 3.63) is 83.9 Å². The number of carbonyl (C=O) groups is 4. The SMILES string of the molecule is COC(=O)Cc1cccc(NC(=O)NCC(=O)N(CCC(C)C)c2ccccc2OCC(=O)c2ccccc2OC)c1. The lowest BCUT2D eigenvalue weighted by Crippen LogP contribution is -2.42. The standard InChI is InChI=1S/C32H37N3O7/c1-22(2)16-17-35(30(37)20-33-32(39)34-24-11-9-10-23(18-24)19-31(38)41-4)26-13-6-8-15-29(26)42-21-27(36)25-12-5-7-14-28(25)40-3/h5-15,18,22H,16-17,19-21H2,1-4H3,(H2,33,34,39). The molecule has 0 aromatic heterocycles. The van der Waals surface area contributed by atoms with E-state index in [1.165, 1.54) is 14.2 Å².